The van der Waals surface area contributed by atoms with Gasteiger partial charge in [0.25, 0.3) is 5.91 Å². The van der Waals surface area contributed by atoms with Gasteiger partial charge in [0, 0.05) is 24.8 Å². The monoisotopic (exact) mass is 355 g/mol. The van der Waals surface area contributed by atoms with Gasteiger partial charge in [0.1, 0.15) is 30.0 Å². The van der Waals surface area contributed by atoms with E-state index in [9.17, 15) is 4.79 Å². The molecule has 0 spiro atoms. The molecule has 4 rings (SSSR count). The Labute approximate surface area is 149 Å². The van der Waals surface area contributed by atoms with Crippen LogP contribution in [0.5, 0.6) is 11.5 Å². The summed E-state index contributed by atoms with van der Waals surface area (Å²) in [6, 6.07) is 9.44. The standard InChI is InChI=1S/C18H17N3O3S/c1-21-8-7-19-17(21)14(12-5-3-2-4-6-12)20-18(22)16-15-13(11-25-16)23-9-10-24-15/h2-8,11,14H,9-10H2,1H3,(H,20,22). The summed E-state index contributed by atoms with van der Waals surface area (Å²) in [5, 5.41) is 4.89. The lowest BCUT2D eigenvalue weighted by Crippen LogP contribution is -2.31. The average Bonchev–Trinajstić information content (AvgIpc) is 3.26. The van der Waals surface area contributed by atoms with Gasteiger partial charge < -0.3 is 19.4 Å². The van der Waals surface area contributed by atoms with Gasteiger partial charge in [0.05, 0.1) is 0 Å². The Morgan fingerprint density at radius 3 is 2.84 bits per heavy atom. The van der Waals surface area contributed by atoms with Crippen molar-refractivity contribution in [1.29, 1.82) is 0 Å². The van der Waals surface area contributed by atoms with Crippen molar-refractivity contribution >= 4 is 17.2 Å². The van der Waals surface area contributed by atoms with Crippen LogP contribution in [0, 0.1) is 0 Å². The zero-order valence-electron chi connectivity index (χ0n) is 13.6. The maximum absolute atomic E-state index is 12.9. The Morgan fingerprint density at radius 2 is 2.08 bits per heavy atom. The minimum absolute atomic E-state index is 0.200. The molecule has 1 aliphatic rings. The van der Waals surface area contributed by atoms with E-state index in [2.05, 4.69) is 10.3 Å². The Balaban J connectivity index is 1.66. The number of hydrogen-bond donors (Lipinski definition) is 1. The molecular formula is C18H17N3O3S. The largest absolute Gasteiger partial charge is 0.485 e. The molecule has 0 saturated heterocycles. The van der Waals surface area contributed by atoms with Crippen molar-refractivity contribution in [2.24, 2.45) is 7.05 Å². The van der Waals surface area contributed by atoms with Crippen LogP contribution < -0.4 is 14.8 Å². The van der Waals surface area contributed by atoms with Crippen LogP contribution in [0.25, 0.3) is 0 Å². The molecule has 0 aliphatic carbocycles. The van der Waals surface area contributed by atoms with Crippen LogP contribution in [-0.2, 0) is 7.05 Å². The Bertz CT molecular complexity index is 888. The Kier molecular flexibility index (Phi) is 4.15. The average molecular weight is 355 g/mol. The molecule has 2 aromatic heterocycles. The summed E-state index contributed by atoms with van der Waals surface area (Å²) in [6.45, 7) is 0.955. The van der Waals surface area contributed by atoms with E-state index < -0.39 is 0 Å². The third-order valence-corrected chi connectivity index (χ3v) is 4.97. The van der Waals surface area contributed by atoms with Crippen LogP contribution in [0.15, 0.2) is 48.1 Å². The van der Waals surface area contributed by atoms with Gasteiger partial charge in [0.15, 0.2) is 11.5 Å². The number of carbonyl (C=O) groups is 1. The molecule has 1 N–H and O–H groups in total. The summed E-state index contributed by atoms with van der Waals surface area (Å²) < 4.78 is 13.0. The van der Waals surface area contributed by atoms with Crippen molar-refractivity contribution in [1.82, 2.24) is 14.9 Å². The molecule has 1 atom stereocenters. The van der Waals surface area contributed by atoms with E-state index in [4.69, 9.17) is 9.47 Å². The third kappa shape index (κ3) is 2.98. The number of aromatic nitrogens is 2. The first-order valence-electron chi connectivity index (χ1n) is 7.94. The lowest BCUT2D eigenvalue weighted by molar-refractivity contribution is 0.0936. The number of hydrogen-bond acceptors (Lipinski definition) is 5. The molecule has 3 aromatic rings. The van der Waals surface area contributed by atoms with Crippen LogP contribution in [0.1, 0.15) is 27.1 Å². The molecule has 7 heteroatoms. The fraction of sp³-hybridized carbons (Fsp3) is 0.222. The maximum atomic E-state index is 12.9. The van der Waals surface area contributed by atoms with Gasteiger partial charge >= 0.3 is 0 Å². The summed E-state index contributed by atoms with van der Waals surface area (Å²) in [6.07, 6.45) is 3.59. The number of nitrogens with zero attached hydrogens (tertiary/aromatic N) is 2. The van der Waals surface area contributed by atoms with Crippen molar-refractivity contribution in [3.05, 3.63) is 64.4 Å². The fourth-order valence-electron chi connectivity index (χ4n) is 2.81. The number of rotatable bonds is 4. The summed E-state index contributed by atoms with van der Waals surface area (Å²) in [7, 11) is 1.91. The predicted octanol–water partition coefficient (Wildman–Crippen LogP) is 2.77. The van der Waals surface area contributed by atoms with Crippen molar-refractivity contribution in [2.45, 2.75) is 6.04 Å². The van der Waals surface area contributed by atoms with Crippen molar-refractivity contribution in [3.8, 4) is 11.5 Å². The highest BCUT2D eigenvalue weighted by Crippen LogP contribution is 2.39. The highest BCUT2D eigenvalue weighted by Gasteiger charge is 2.27. The van der Waals surface area contributed by atoms with E-state index in [0.717, 1.165) is 11.4 Å². The second-order valence-corrected chi connectivity index (χ2v) is 6.55. The van der Waals surface area contributed by atoms with Gasteiger partial charge in [-0.1, -0.05) is 30.3 Å². The van der Waals surface area contributed by atoms with Gasteiger partial charge in [-0.25, -0.2) is 4.98 Å². The summed E-state index contributed by atoms with van der Waals surface area (Å²) in [5.41, 5.74) is 0.966. The number of nitrogens with one attached hydrogen (secondary N) is 1. The molecule has 0 bridgehead atoms. The molecule has 0 radical (unpaired) electrons. The summed E-state index contributed by atoms with van der Waals surface area (Å²) in [4.78, 5) is 17.8. The third-order valence-electron chi connectivity index (χ3n) is 4.03. The van der Waals surface area contributed by atoms with E-state index in [1.54, 1.807) is 6.20 Å². The van der Waals surface area contributed by atoms with Crippen molar-refractivity contribution in [2.75, 3.05) is 13.2 Å². The zero-order valence-corrected chi connectivity index (χ0v) is 14.5. The summed E-state index contributed by atoms with van der Waals surface area (Å²) >= 11 is 1.32. The van der Waals surface area contributed by atoms with E-state index in [1.807, 2.05) is 53.5 Å². The summed E-state index contributed by atoms with van der Waals surface area (Å²) in [5.74, 6) is 1.73. The number of ether oxygens (including phenoxy) is 2. The minimum Gasteiger partial charge on any atom is -0.485 e. The van der Waals surface area contributed by atoms with Crippen LogP contribution in [0.3, 0.4) is 0 Å². The molecule has 0 fully saturated rings. The molecule has 128 valence electrons. The molecule has 1 amide bonds. The quantitative estimate of drug-likeness (QED) is 0.782. The number of benzene rings is 1. The maximum Gasteiger partial charge on any atom is 0.266 e. The van der Waals surface area contributed by atoms with Crippen molar-refractivity contribution in [3.63, 3.8) is 0 Å². The Morgan fingerprint density at radius 1 is 1.28 bits per heavy atom. The number of aryl methyl sites for hydroxylation is 1. The molecule has 1 aromatic carbocycles. The van der Waals surface area contributed by atoms with Gasteiger partial charge in [-0.15, -0.1) is 11.3 Å². The first-order valence-corrected chi connectivity index (χ1v) is 8.82. The van der Waals surface area contributed by atoms with Crippen LogP contribution >= 0.6 is 11.3 Å². The van der Waals surface area contributed by atoms with Crippen LogP contribution in [0.4, 0.5) is 0 Å². The van der Waals surface area contributed by atoms with E-state index in [0.29, 0.717) is 29.6 Å². The molecule has 25 heavy (non-hydrogen) atoms. The highest BCUT2D eigenvalue weighted by atomic mass is 32.1. The molecular weight excluding hydrogens is 338 g/mol. The van der Waals surface area contributed by atoms with Crippen molar-refractivity contribution < 1.29 is 14.3 Å². The number of thiophene rings is 1. The van der Waals surface area contributed by atoms with E-state index >= 15 is 0 Å². The van der Waals surface area contributed by atoms with Gasteiger partial charge in [0.2, 0.25) is 0 Å². The molecule has 1 aliphatic heterocycles. The first-order chi connectivity index (χ1) is 12.2. The Hall–Kier alpha value is -2.80. The predicted molar refractivity (Wildman–Crippen MR) is 94.3 cm³/mol. The fourth-order valence-corrected chi connectivity index (χ4v) is 3.65. The zero-order chi connectivity index (χ0) is 17.2. The molecule has 3 heterocycles. The smallest absolute Gasteiger partial charge is 0.266 e. The number of imidazole rings is 1. The van der Waals surface area contributed by atoms with Gasteiger partial charge in [-0.05, 0) is 5.56 Å². The second-order valence-electron chi connectivity index (χ2n) is 5.67. The number of fused-ring (bicyclic) bond motifs is 1. The highest BCUT2D eigenvalue weighted by molar-refractivity contribution is 7.12. The minimum atomic E-state index is -0.351. The lowest BCUT2D eigenvalue weighted by atomic mass is 10.1. The lowest BCUT2D eigenvalue weighted by Gasteiger charge is -2.20. The molecule has 6 nitrogen and oxygen atoms in total. The van der Waals surface area contributed by atoms with E-state index in [-0.39, 0.29) is 11.9 Å². The first kappa shape index (κ1) is 15.7. The number of amides is 1. The van der Waals surface area contributed by atoms with E-state index in [1.165, 1.54) is 11.3 Å². The topological polar surface area (TPSA) is 65.4 Å². The SMILES string of the molecule is Cn1ccnc1C(NC(=O)c1scc2c1OCCO2)c1ccccc1. The normalized spacial score (nSPS) is 14.1. The van der Waals surface area contributed by atoms with Gasteiger partial charge in [-0.2, -0.15) is 0 Å². The molecule has 1 unspecified atom stereocenters. The molecule has 0 saturated carbocycles. The van der Waals surface area contributed by atoms with Gasteiger partial charge in [-0.3, -0.25) is 4.79 Å². The van der Waals surface area contributed by atoms with Crippen LogP contribution in [0.2, 0.25) is 0 Å². The number of carbonyl (C=O) groups excluding carboxylic acids is 1. The second kappa shape index (κ2) is 6.60. The van der Waals surface area contributed by atoms with Crippen LogP contribution in [-0.4, -0.2) is 28.7 Å².